The van der Waals surface area contributed by atoms with E-state index in [-0.39, 0.29) is 0 Å². The molecule has 1 saturated carbocycles. The Morgan fingerprint density at radius 3 is 1.87 bits per heavy atom. The van der Waals surface area contributed by atoms with Gasteiger partial charge in [0.2, 0.25) is 0 Å². The number of hydrogen-bond donors (Lipinski definition) is 0. The van der Waals surface area contributed by atoms with E-state index in [0.29, 0.717) is 6.04 Å². The normalized spacial score (nSPS) is 22.2. The summed E-state index contributed by atoms with van der Waals surface area (Å²) >= 11 is -1.92. The van der Waals surface area contributed by atoms with Gasteiger partial charge in [-0.2, -0.15) is 0 Å². The second-order valence-electron chi connectivity index (χ2n) is 10.9. The minimum absolute atomic E-state index is 0.601. The van der Waals surface area contributed by atoms with E-state index >= 15 is 0 Å². The van der Waals surface area contributed by atoms with Gasteiger partial charge in [-0.25, -0.2) is 0 Å². The molecule has 2 nitrogen and oxygen atoms in total. The topological polar surface area (TPSA) is 6.48 Å². The average molecular weight is 757 g/mol. The first-order valence-corrected chi connectivity index (χ1v) is 23.3. The summed E-state index contributed by atoms with van der Waals surface area (Å²) in [6, 6.07) is 5.28. The molecule has 0 atom stereocenters. The zero-order valence-electron chi connectivity index (χ0n) is 23.5. The van der Waals surface area contributed by atoms with Gasteiger partial charge < -0.3 is 9.80 Å². The second-order valence-corrected chi connectivity index (χ2v) is 21.3. The Balaban J connectivity index is 0.000000934. The van der Waals surface area contributed by atoms with Crippen molar-refractivity contribution in [2.24, 2.45) is 0 Å². The molecule has 0 N–H and O–H groups in total. The zero-order chi connectivity index (χ0) is 27.3. The van der Waals surface area contributed by atoms with Crippen LogP contribution in [0, 0.1) is 20.8 Å². The molecule has 0 radical (unpaired) electrons. The molecule has 214 valence electrons. The third-order valence-electron chi connectivity index (χ3n) is 7.84. The van der Waals surface area contributed by atoms with Crippen LogP contribution in [0.1, 0.15) is 107 Å². The molecule has 0 saturated heterocycles. The van der Waals surface area contributed by atoms with E-state index < -0.39 is 13.5 Å². The number of aryl methyl sites for hydroxylation is 3. The monoisotopic (exact) mass is 756 g/mol. The summed E-state index contributed by atoms with van der Waals surface area (Å²) in [5, 5.41) is 0. The Hall–Kier alpha value is -0.701. The van der Waals surface area contributed by atoms with Gasteiger partial charge in [0.1, 0.15) is 5.82 Å². The Morgan fingerprint density at radius 1 is 0.737 bits per heavy atom. The van der Waals surface area contributed by atoms with Gasteiger partial charge in [0.05, 0.1) is 5.69 Å². The summed E-state index contributed by atoms with van der Waals surface area (Å²) in [4.78, 5) is 5.20. The fourth-order valence-corrected chi connectivity index (χ4v) is 6.20. The standard InChI is InChI=1S/C32H46N2.3ClH.Ir/c1-26-24-27(2)31(28(3)25-26)34-23-22-33(32(34)29-18-14-10-9-11-15-19-29)30-20-16-12-7-5-4-6-8-13-17-21-30;;;;/h9-10,14,18,22-25,30H,4-8,11-13,15-17,19-21H2,1-3H3;3*1H;/q;;;;+3/p-3. The Morgan fingerprint density at radius 2 is 1.29 bits per heavy atom. The van der Waals surface area contributed by atoms with Crippen LogP contribution in [-0.2, 0) is 13.5 Å². The summed E-state index contributed by atoms with van der Waals surface area (Å²) in [5.41, 5.74) is 6.94. The van der Waals surface area contributed by atoms with Crippen LogP contribution in [0.15, 0.2) is 60.2 Å². The van der Waals surface area contributed by atoms with Gasteiger partial charge in [0, 0.05) is 18.4 Å². The van der Waals surface area contributed by atoms with Gasteiger partial charge in [-0.15, -0.1) is 0 Å². The second kappa shape index (κ2) is 17.2. The quantitative estimate of drug-likeness (QED) is 0.296. The summed E-state index contributed by atoms with van der Waals surface area (Å²) in [5.74, 6) is 1.42. The summed E-state index contributed by atoms with van der Waals surface area (Å²) < 4.78 is 0. The molecule has 1 fully saturated rings. The molecule has 0 amide bonds. The number of nitrogens with zero attached hydrogens (tertiary/aromatic N) is 2. The molecule has 2 aliphatic carbocycles. The van der Waals surface area contributed by atoms with Gasteiger partial charge in [-0.3, -0.25) is 0 Å². The predicted octanol–water partition coefficient (Wildman–Crippen LogP) is 11.5. The molecular weight excluding hydrogens is 711 g/mol. The number of benzene rings is 1. The van der Waals surface area contributed by atoms with Crippen LogP contribution in [0.3, 0.4) is 0 Å². The van der Waals surface area contributed by atoms with E-state index in [0.717, 1.165) is 6.42 Å². The van der Waals surface area contributed by atoms with E-state index in [9.17, 15) is 0 Å². The molecule has 0 bridgehead atoms. The first-order chi connectivity index (χ1) is 18.4. The van der Waals surface area contributed by atoms with Crippen LogP contribution < -0.4 is 4.90 Å². The van der Waals surface area contributed by atoms with E-state index in [1.54, 1.807) is 0 Å². The van der Waals surface area contributed by atoms with Crippen molar-refractivity contribution in [1.29, 1.82) is 0 Å². The van der Waals surface area contributed by atoms with E-state index in [1.165, 1.54) is 117 Å². The number of allylic oxidation sites excluding steroid dienone is 5. The van der Waals surface area contributed by atoms with Gasteiger partial charge in [-0.05, 0) is 69.6 Å². The number of halogens is 3. The molecule has 6 heteroatoms. The molecule has 3 aliphatic rings. The molecule has 1 heterocycles. The minimum atomic E-state index is -1.92. The molecule has 1 aromatic rings. The van der Waals surface area contributed by atoms with Crippen LogP contribution in [0.4, 0.5) is 5.69 Å². The molecule has 1 aromatic carbocycles. The van der Waals surface area contributed by atoms with Crippen molar-refractivity contribution < 1.29 is 13.5 Å². The van der Waals surface area contributed by atoms with Crippen LogP contribution in [0.5, 0.6) is 0 Å². The molecule has 1 aliphatic heterocycles. The third kappa shape index (κ3) is 10.0. The van der Waals surface area contributed by atoms with E-state index in [2.05, 4.69) is 79.4 Å². The van der Waals surface area contributed by atoms with Crippen molar-refractivity contribution in [2.45, 2.75) is 117 Å². The fourth-order valence-electron chi connectivity index (χ4n) is 6.20. The molecule has 0 spiro atoms. The van der Waals surface area contributed by atoms with Gasteiger partial charge in [-0.1, -0.05) is 99.8 Å². The van der Waals surface area contributed by atoms with Crippen LogP contribution in [-0.4, -0.2) is 10.9 Å². The zero-order valence-corrected chi connectivity index (χ0v) is 28.1. The van der Waals surface area contributed by atoms with Gasteiger partial charge >= 0.3 is 42.2 Å². The molecule has 38 heavy (non-hydrogen) atoms. The Bertz CT molecular complexity index is 961. The first-order valence-electron chi connectivity index (χ1n) is 14.4. The van der Waals surface area contributed by atoms with Crippen molar-refractivity contribution in [3.8, 4) is 0 Å². The maximum atomic E-state index is 4.97. The third-order valence-corrected chi connectivity index (χ3v) is 7.84. The summed E-state index contributed by atoms with van der Waals surface area (Å²) in [6.45, 7) is 6.77. The van der Waals surface area contributed by atoms with Gasteiger partial charge in [0.15, 0.2) is 0 Å². The average Bonchev–Trinajstić information content (AvgIpc) is 3.22. The Labute approximate surface area is 249 Å². The van der Waals surface area contributed by atoms with Crippen molar-refractivity contribution in [2.75, 3.05) is 4.90 Å². The van der Waals surface area contributed by atoms with Crippen molar-refractivity contribution in [3.05, 3.63) is 76.9 Å². The number of rotatable bonds is 2. The number of hydrogen-bond acceptors (Lipinski definition) is 2. The van der Waals surface area contributed by atoms with Gasteiger partial charge in [0.25, 0.3) is 0 Å². The molecule has 4 rings (SSSR count). The maximum absolute atomic E-state index is 4.97. The van der Waals surface area contributed by atoms with Crippen LogP contribution in [0.2, 0.25) is 0 Å². The van der Waals surface area contributed by atoms with Crippen LogP contribution >= 0.6 is 28.8 Å². The van der Waals surface area contributed by atoms with E-state index in [1.807, 2.05) is 0 Å². The fraction of sp³-hybridized carbons (Fsp3) is 0.562. The molecule has 0 unspecified atom stereocenters. The summed E-state index contributed by atoms with van der Waals surface area (Å²) in [6.07, 6.45) is 32.7. The first kappa shape index (κ1) is 31.8. The van der Waals surface area contributed by atoms with Crippen molar-refractivity contribution >= 4 is 34.4 Å². The Kier molecular flexibility index (Phi) is 14.4. The number of anilines is 1. The molecule has 0 aromatic heterocycles. The summed E-state index contributed by atoms with van der Waals surface area (Å²) in [7, 11) is 14.9. The van der Waals surface area contributed by atoms with E-state index in [4.69, 9.17) is 28.8 Å². The SMILES string of the molecule is Cc1cc(C)c(N2C=CN(C3CCCCCCCCCCC3)C2=C2C=CC=CCCC2)c(C)c1.[Cl][Ir]([Cl])[Cl]. The van der Waals surface area contributed by atoms with Crippen molar-refractivity contribution in [1.82, 2.24) is 4.90 Å². The van der Waals surface area contributed by atoms with Crippen LogP contribution in [0.25, 0.3) is 0 Å². The molecular formula is C32H46Cl3IrN2. The predicted molar refractivity (Wildman–Crippen MR) is 165 cm³/mol. The van der Waals surface area contributed by atoms with Crippen molar-refractivity contribution in [3.63, 3.8) is 0 Å².